The van der Waals surface area contributed by atoms with Crippen LogP contribution in [-0.4, -0.2) is 15.4 Å². The lowest BCUT2D eigenvalue weighted by Gasteiger charge is -2.02. The minimum atomic E-state index is -0.268. The van der Waals surface area contributed by atoms with Gasteiger partial charge in [-0.15, -0.1) is 0 Å². The SMILES string of the molecule is CC(N)Cc1nc(-c2ccccc2F)n2ccccc12. The van der Waals surface area contributed by atoms with Gasteiger partial charge in [0.25, 0.3) is 0 Å². The van der Waals surface area contributed by atoms with Crippen molar-refractivity contribution in [2.45, 2.75) is 19.4 Å². The number of halogens is 1. The predicted octanol–water partition coefficient (Wildman–Crippen LogP) is 3.03. The molecule has 0 aliphatic carbocycles. The zero-order valence-corrected chi connectivity index (χ0v) is 11.3. The molecule has 2 aromatic heterocycles. The van der Waals surface area contributed by atoms with Crippen LogP contribution >= 0.6 is 0 Å². The fraction of sp³-hybridized carbons (Fsp3) is 0.188. The van der Waals surface area contributed by atoms with Crippen LogP contribution in [0.3, 0.4) is 0 Å². The molecular formula is C16H16FN3. The lowest BCUT2D eigenvalue weighted by atomic mass is 10.2. The highest BCUT2D eigenvalue weighted by Crippen LogP contribution is 2.25. The summed E-state index contributed by atoms with van der Waals surface area (Å²) in [4.78, 5) is 4.60. The number of pyridine rings is 1. The molecule has 0 aliphatic heterocycles. The van der Waals surface area contributed by atoms with Crippen LogP contribution in [0.5, 0.6) is 0 Å². The van der Waals surface area contributed by atoms with Crippen LogP contribution in [-0.2, 0) is 6.42 Å². The second kappa shape index (κ2) is 5.06. The van der Waals surface area contributed by atoms with E-state index < -0.39 is 0 Å². The molecule has 0 spiro atoms. The third-order valence-electron chi connectivity index (χ3n) is 3.25. The van der Waals surface area contributed by atoms with Gasteiger partial charge in [-0.2, -0.15) is 0 Å². The molecule has 0 radical (unpaired) electrons. The molecule has 4 heteroatoms. The normalized spacial score (nSPS) is 12.8. The molecule has 0 aliphatic rings. The van der Waals surface area contributed by atoms with Crippen molar-refractivity contribution in [2.75, 3.05) is 0 Å². The zero-order valence-electron chi connectivity index (χ0n) is 11.3. The van der Waals surface area contributed by atoms with Crippen LogP contribution < -0.4 is 5.73 Å². The van der Waals surface area contributed by atoms with Gasteiger partial charge in [0, 0.05) is 18.7 Å². The Balaban J connectivity index is 2.24. The highest BCUT2D eigenvalue weighted by molar-refractivity contribution is 5.66. The summed E-state index contributed by atoms with van der Waals surface area (Å²) in [7, 11) is 0. The molecule has 2 N–H and O–H groups in total. The van der Waals surface area contributed by atoms with E-state index in [0.29, 0.717) is 17.8 Å². The van der Waals surface area contributed by atoms with E-state index in [1.807, 2.05) is 41.8 Å². The van der Waals surface area contributed by atoms with Crippen molar-refractivity contribution in [3.05, 3.63) is 60.2 Å². The molecule has 0 bridgehead atoms. The molecule has 3 aromatic rings. The Hall–Kier alpha value is -2.20. The monoisotopic (exact) mass is 269 g/mol. The van der Waals surface area contributed by atoms with E-state index in [0.717, 1.165) is 11.2 Å². The van der Waals surface area contributed by atoms with Crippen molar-refractivity contribution < 1.29 is 4.39 Å². The number of imidazole rings is 1. The third kappa shape index (κ3) is 2.18. The van der Waals surface area contributed by atoms with Crippen molar-refractivity contribution in [2.24, 2.45) is 5.73 Å². The highest BCUT2D eigenvalue weighted by atomic mass is 19.1. The fourth-order valence-corrected chi connectivity index (χ4v) is 2.39. The maximum absolute atomic E-state index is 14.0. The number of nitrogens with zero attached hydrogens (tertiary/aromatic N) is 2. The van der Waals surface area contributed by atoms with Gasteiger partial charge >= 0.3 is 0 Å². The van der Waals surface area contributed by atoms with E-state index in [9.17, 15) is 4.39 Å². The molecule has 3 rings (SSSR count). The highest BCUT2D eigenvalue weighted by Gasteiger charge is 2.15. The molecule has 2 heterocycles. The minimum Gasteiger partial charge on any atom is -0.328 e. The van der Waals surface area contributed by atoms with Crippen molar-refractivity contribution in [1.29, 1.82) is 0 Å². The first-order valence-electron chi connectivity index (χ1n) is 6.63. The lowest BCUT2D eigenvalue weighted by molar-refractivity contribution is 0.629. The number of benzene rings is 1. The van der Waals surface area contributed by atoms with E-state index in [2.05, 4.69) is 4.98 Å². The number of rotatable bonds is 3. The van der Waals surface area contributed by atoms with E-state index in [-0.39, 0.29) is 11.9 Å². The lowest BCUT2D eigenvalue weighted by Crippen LogP contribution is -2.18. The van der Waals surface area contributed by atoms with Gasteiger partial charge in [-0.05, 0) is 31.2 Å². The zero-order chi connectivity index (χ0) is 14.1. The summed E-state index contributed by atoms with van der Waals surface area (Å²) in [6.07, 6.45) is 2.57. The molecule has 1 unspecified atom stereocenters. The standard InChI is InChI=1S/C16H16FN3/c1-11(18)10-14-15-8-4-5-9-20(15)16(19-14)12-6-2-3-7-13(12)17/h2-9,11H,10,18H2,1H3. The molecule has 0 saturated heterocycles. The minimum absolute atomic E-state index is 0.0161. The van der Waals surface area contributed by atoms with Gasteiger partial charge in [0.1, 0.15) is 11.6 Å². The number of fused-ring (bicyclic) bond motifs is 1. The van der Waals surface area contributed by atoms with E-state index in [4.69, 9.17) is 5.73 Å². The summed E-state index contributed by atoms with van der Waals surface area (Å²) in [5.74, 6) is 0.352. The molecular weight excluding hydrogens is 253 g/mol. The number of aromatic nitrogens is 2. The Kier molecular flexibility index (Phi) is 3.24. The molecule has 0 amide bonds. The third-order valence-corrected chi connectivity index (χ3v) is 3.25. The Morgan fingerprint density at radius 3 is 2.70 bits per heavy atom. The second-order valence-corrected chi connectivity index (χ2v) is 5.00. The quantitative estimate of drug-likeness (QED) is 0.794. The van der Waals surface area contributed by atoms with E-state index >= 15 is 0 Å². The molecule has 102 valence electrons. The summed E-state index contributed by atoms with van der Waals surface area (Å²) in [6.45, 7) is 1.94. The van der Waals surface area contributed by atoms with Gasteiger partial charge in [-0.1, -0.05) is 18.2 Å². The average Bonchev–Trinajstić information content (AvgIpc) is 2.78. The Morgan fingerprint density at radius 2 is 1.95 bits per heavy atom. The average molecular weight is 269 g/mol. The van der Waals surface area contributed by atoms with Crippen LogP contribution in [0.25, 0.3) is 16.9 Å². The van der Waals surface area contributed by atoms with Gasteiger partial charge in [-0.25, -0.2) is 9.37 Å². The molecule has 0 fully saturated rings. The van der Waals surface area contributed by atoms with Gasteiger partial charge in [0.15, 0.2) is 0 Å². The van der Waals surface area contributed by atoms with Gasteiger partial charge in [0.05, 0.1) is 16.8 Å². The first-order chi connectivity index (χ1) is 9.66. The van der Waals surface area contributed by atoms with Gasteiger partial charge < -0.3 is 5.73 Å². The van der Waals surface area contributed by atoms with Crippen LogP contribution in [0, 0.1) is 5.82 Å². The Labute approximate surface area is 116 Å². The van der Waals surface area contributed by atoms with E-state index in [1.165, 1.54) is 6.07 Å². The van der Waals surface area contributed by atoms with E-state index in [1.54, 1.807) is 12.1 Å². The molecule has 3 nitrogen and oxygen atoms in total. The summed E-state index contributed by atoms with van der Waals surface area (Å²) >= 11 is 0. The van der Waals surface area contributed by atoms with Crippen LogP contribution in [0.2, 0.25) is 0 Å². The van der Waals surface area contributed by atoms with Crippen molar-refractivity contribution in [1.82, 2.24) is 9.38 Å². The summed E-state index contributed by atoms with van der Waals surface area (Å²) in [5.41, 5.74) is 8.25. The van der Waals surface area contributed by atoms with Gasteiger partial charge in [0.2, 0.25) is 0 Å². The summed E-state index contributed by atoms with van der Waals surface area (Å²) in [5, 5.41) is 0. The first kappa shape index (κ1) is 12.8. The molecule has 0 saturated carbocycles. The van der Waals surface area contributed by atoms with Gasteiger partial charge in [-0.3, -0.25) is 4.40 Å². The number of hydrogen-bond acceptors (Lipinski definition) is 2. The van der Waals surface area contributed by atoms with Crippen molar-refractivity contribution in [3.63, 3.8) is 0 Å². The van der Waals surface area contributed by atoms with Crippen LogP contribution in [0.4, 0.5) is 4.39 Å². The largest absolute Gasteiger partial charge is 0.328 e. The predicted molar refractivity (Wildman–Crippen MR) is 77.9 cm³/mol. The Morgan fingerprint density at radius 1 is 1.20 bits per heavy atom. The fourth-order valence-electron chi connectivity index (χ4n) is 2.39. The summed E-state index contributed by atoms with van der Waals surface area (Å²) in [6, 6.07) is 12.5. The van der Waals surface area contributed by atoms with Crippen LogP contribution in [0.1, 0.15) is 12.6 Å². The smallest absolute Gasteiger partial charge is 0.147 e. The second-order valence-electron chi connectivity index (χ2n) is 5.00. The topological polar surface area (TPSA) is 43.3 Å². The maximum atomic E-state index is 14.0. The number of hydrogen-bond donors (Lipinski definition) is 1. The summed E-state index contributed by atoms with van der Waals surface area (Å²) < 4.78 is 15.9. The molecule has 20 heavy (non-hydrogen) atoms. The van der Waals surface area contributed by atoms with Crippen molar-refractivity contribution in [3.8, 4) is 11.4 Å². The molecule has 1 atom stereocenters. The Bertz CT molecular complexity index is 746. The van der Waals surface area contributed by atoms with Crippen LogP contribution in [0.15, 0.2) is 48.7 Å². The number of nitrogens with two attached hydrogens (primary N) is 1. The first-order valence-corrected chi connectivity index (χ1v) is 6.63. The molecule has 1 aromatic carbocycles. The maximum Gasteiger partial charge on any atom is 0.147 e. The van der Waals surface area contributed by atoms with Crippen molar-refractivity contribution >= 4 is 5.52 Å².